The largest absolute Gasteiger partial charge is 0.497 e. The minimum Gasteiger partial charge on any atom is -0.497 e. The molecule has 0 unspecified atom stereocenters. The molecule has 88 valence electrons. The van der Waals surface area contributed by atoms with Gasteiger partial charge in [0.1, 0.15) is 5.75 Å². The van der Waals surface area contributed by atoms with Crippen molar-refractivity contribution in [2.75, 3.05) is 45.6 Å². The number of hydrogen-bond acceptors (Lipinski definition) is 3. The Bertz CT molecular complexity index is 514. The number of benzene rings is 1. The molecular formula is C13H20N2O. The number of fused-ring (bicyclic) bond motifs is 1. The maximum Gasteiger partial charge on any atom is 0.120 e. The molecule has 0 atom stereocenters. The van der Waals surface area contributed by atoms with Gasteiger partial charge < -0.3 is 14.5 Å². The number of nitrogens with zero attached hydrogens (tertiary/aromatic N) is 2. The highest BCUT2D eigenvalue weighted by atomic mass is 16.5. The van der Waals surface area contributed by atoms with Crippen molar-refractivity contribution in [1.82, 2.24) is 4.90 Å². The predicted octanol–water partition coefficient (Wildman–Crippen LogP) is 1.62. The average molecular weight is 226 g/mol. The zero-order chi connectivity index (χ0) is 16.5. The molecule has 2 rings (SSSR count). The van der Waals surface area contributed by atoms with Crippen molar-refractivity contribution in [2.24, 2.45) is 0 Å². The van der Waals surface area contributed by atoms with E-state index in [9.17, 15) is 0 Å². The summed E-state index contributed by atoms with van der Waals surface area (Å²) in [6, 6.07) is 5.77. The number of rotatable bonds is 4. The molecule has 0 aliphatic carbocycles. The van der Waals surface area contributed by atoms with Crippen LogP contribution in [0.2, 0.25) is 0 Å². The van der Waals surface area contributed by atoms with Crippen LogP contribution in [0.4, 0.5) is 5.69 Å². The summed E-state index contributed by atoms with van der Waals surface area (Å²) in [6.07, 6.45) is 0.862. The molecular weight excluding hydrogens is 200 g/mol. The third-order valence-corrected chi connectivity index (χ3v) is 2.88. The molecule has 0 amide bonds. The minimum atomic E-state index is -2.64. The van der Waals surface area contributed by atoms with E-state index in [-0.39, 0.29) is 6.54 Å². The highest BCUT2D eigenvalue weighted by Crippen LogP contribution is 2.31. The molecule has 0 spiro atoms. The van der Waals surface area contributed by atoms with Gasteiger partial charge in [-0.1, -0.05) is 6.07 Å². The van der Waals surface area contributed by atoms with Crippen molar-refractivity contribution < 1.29 is 13.0 Å². The van der Waals surface area contributed by atoms with Crippen molar-refractivity contribution >= 4 is 5.69 Å². The molecule has 3 heteroatoms. The van der Waals surface area contributed by atoms with Gasteiger partial charge in [0.15, 0.2) is 0 Å². The van der Waals surface area contributed by atoms with E-state index in [1.807, 2.05) is 23.1 Å². The first-order valence-electron chi connectivity index (χ1n) is 8.32. The number of anilines is 1. The van der Waals surface area contributed by atoms with Gasteiger partial charge in [-0.25, -0.2) is 0 Å². The fraction of sp³-hybridized carbons (Fsp3) is 0.538. The van der Waals surface area contributed by atoms with E-state index >= 15 is 0 Å². The van der Waals surface area contributed by atoms with Crippen LogP contribution in [-0.2, 0) is 6.42 Å². The Morgan fingerprint density at radius 1 is 1.50 bits per heavy atom. The second-order valence-electron chi connectivity index (χ2n) is 3.88. The van der Waals surface area contributed by atoms with Gasteiger partial charge >= 0.3 is 0 Å². The zero-order valence-electron chi connectivity index (χ0n) is 15.4. The van der Waals surface area contributed by atoms with E-state index in [1.54, 1.807) is 7.11 Å². The standard InChI is InChI=1S/C13H20N2O/c1-14(2)8-9-15-7-6-11-4-5-12(16-3)10-13(11)15/h4-5,10H,6-9H2,1-3H3/i1D3,2D3. The van der Waals surface area contributed by atoms with Gasteiger partial charge in [-0.05, 0) is 32.0 Å². The Morgan fingerprint density at radius 3 is 3.12 bits per heavy atom. The molecule has 0 aromatic heterocycles. The van der Waals surface area contributed by atoms with Gasteiger partial charge in [0.25, 0.3) is 0 Å². The summed E-state index contributed by atoms with van der Waals surface area (Å²) in [5.41, 5.74) is 2.14. The number of methoxy groups -OCH3 is 1. The number of ether oxygens (including phenoxy) is 1. The molecule has 0 fully saturated rings. The van der Waals surface area contributed by atoms with Crippen LogP contribution >= 0.6 is 0 Å². The molecule has 1 aromatic rings. The quantitative estimate of drug-likeness (QED) is 0.776. The zero-order valence-corrected chi connectivity index (χ0v) is 9.36. The first kappa shape index (κ1) is 5.92. The molecule has 0 N–H and O–H groups in total. The molecule has 0 saturated heterocycles. The van der Waals surface area contributed by atoms with Crippen LogP contribution in [0.5, 0.6) is 5.75 Å². The SMILES string of the molecule is [2H]C([2H])([2H])N(CCN1CCc2ccc(OC)cc21)C([2H])([2H])[2H]. The molecule has 1 aromatic carbocycles. The summed E-state index contributed by atoms with van der Waals surface area (Å²) >= 11 is 0. The maximum atomic E-state index is 7.39. The van der Waals surface area contributed by atoms with Gasteiger partial charge in [-0.3, -0.25) is 0 Å². The smallest absolute Gasteiger partial charge is 0.120 e. The van der Waals surface area contributed by atoms with E-state index in [2.05, 4.69) is 0 Å². The van der Waals surface area contributed by atoms with Gasteiger partial charge in [0, 0.05) is 39.6 Å². The Labute approximate surface area is 106 Å². The molecule has 0 saturated carbocycles. The van der Waals surface area contributed by atoms with Gasteiger partial charge in [0.2, 0.25) is 0 Å². The topological polar surface area (TPSA) is 15.7 Å². The van der Waals surface area contributed by atoms with Crippen molar-refractivity contribution in [1.29, 1.82) is 0 Å². The fourth-order valence-corrected chi connectivity index (χ4v) is 2.01. The Hall–Kier alpha value is -1.22. The van der Waals surface area contributed by atoms with Crippen LogP contribution in [0.15, 0.2) is 18.2 Å². The van der Waals surface area contributed by atoms with Crippen molar-refractivity contribution in [2.45, 2.75) is 6.42 Å². The Morgan fingerprint density at radius 2 is 2.38 bits per heavy atom. The summed E-state index contributed by atoms with van der Waals surface area (Å²) < 4.78 is 49.5. The van der Waals surface area contributed by atoms with Crippen LogP contribution in [0.25, 0.3) is 0 Å². The normalized spacial score (nSPS) is 21.5. The lowest BCUT2D eigenvalue weighted by atomic mass is 10.1. The lowest BCUT2D eigenvalue weighted by Gasteiger charge is -2.21. The van der Waals surface area contributed by atoms with Crippen molar-refractivity contribution in [3.63, 3.8) is 0 Å². The van der Waals surface area contributed by atoms with Crippen LogP contribution in [0.1, 0.15) is 13.8 Å². The summed E-state index contributed by atoms with van der Waals surface area (Å²) in [5.74, 6) is 0.731. The van der Waals surface area contributed by atoms with E-state index in [0.29, 0.717) is 11.4 Å². The van der Waals surface area contributed by atoms with E-state index in [1.165, 1.54) is 0 Å². The molecule has 1 aliphatic rings. The summed E-state index contributed by atoms with van der Waals surface area (Å²) in [7, 11) is 1.59. The maximum absolute atomic E-state index is 7.39. The second-order valence-corrected chi connectivity index (χ2v) is 3.88. The van der Waals surface area contributed by atoms with E-state index < -0.39 is 14.0 Å². The predicted molar refractivity (Wildman–Crippen MR) is 67.5 cm³/mol. The highest BCUT2D eigenvalue weighted by Gasteiger charge is 2.19. The summed E-state index contributed by atoms with van der Waals surface area (Å²) in [4.78, 5) is 2.60. The molecule has 1 heterocycles. The third-order valence-electron chi connectivity index (χ3n) is 2.88. The first-order chi connectivity index (χ1) is 10.1. The Kier molecular flexibility index (Phi) is 1.75. The van der Waals surface area contributed by atoms with E-state index in [0.717, 1.165) is 30.0 Å². The number of hydrogen-bond donors (Lipinski definition) is 0. The van der Waals surface area contributed by atoms with Crippen LogP contribution in [-0.4, -0.2) is 45.6 Å². The van der Waals surface area contributed by atoms with Gasteiger partial charge in [0.05, 0.1) is 7.11 Å². The molecule has 16 heavy (non-hydrogen) atoms. The highest BCUT2D eigenvalue weighted by molar-refractivity contribution is 5.60. The second kappa shape index (κ2) is 4.74. The van der Waals surface area contributed by atoms with Crippen molar-refractivity contribution in [3.05, 3.63) is 23.8 Å². The molecule has 0 bridgehead atoms. The minimum absolute atomic E-state index is 0.0519. The first-order valence-corrected chi connectivity index (χ1v) is 5.32. The van der Waals surface area contributed by atoms with Crippen LogP contribution in [0, 0.1) is 0 Å². The number of likely N-dealkylation sites (N-methyl/N-ethyl adjacent to an activating group) is 1. The average Bonchev–Trinajstić information content (AvgIpc) is 2.78. The fourth-order valence-electron chi connectivity index (χ4n) is 2.01. The summed E-state index contributed by atoms with van der Waals surface area (Å²) in [5, 5.41) is 0. The lowest BCUT2D eigenvalue weighted by Crippen LogP contribution is -2.30. The van der Waals surface area contributed by atoms with Crippen molar-refractivity contribution in [3.8, 4) is 5.75 Å². The third kappa shape index (κ3) is 2.30. The van der Waals surface area contributed by atoms with Crippen LogP contribution < -0.4 is 9.64 Å². The van der Waals surface area contributed by atoms with Crippen LogP contribution in [0.3, 0.4) is 0 Å². The van der Waals surface area contributed by atoms with E-state index in [4.69, 9.17) is 13.0 Å². The molecule has 3 nitrogen and oxygen atoms in total. The Balaban J connectivity index is 2.10. The van der Waals surface area contributed by atoms with Gasteiger partial charge in [-0.2, -0.15) is 0 Å². The van der Waals surface area contributed by atoms with Gasteiger partial charge in [-0.15, -0.1) is 0 Å². The molecule has 1 aliphatic heterocycles. The lowest BCUT2D eigenvalue weighted by molar-refractivity contribution is 0.412. The summed E-state index contributed by atoms with van der Waals surface area (Å²) in [6.45, 7) is -4.23. The monoisotopic (exact) mass is 226 g/mol. The molecule has 0 radical (unpaired) electrons.